The monoisotopic (exact) mass is 252 g/mol. The second-order valence-electron chi connectivity index (χ2n) is 3.44. The fourth-order valence-corrected chi connectivity index (χ4v) is 1.81. The van der Waals surface area contributed by atoms with Crippen LogP contribution in [0.4, 0.5) is 0 Å². The third kappa shape index (κ3) is 8.04. The van der Waals surface area contributed by atoms with Gasteiger partial charge in [-0.2, -0.15) is 0 Å². The van der Waals surface area contributed by atoms with E-state index in [9.17, 15) is 8.42 Å². The molecule has 5 nitrogen and oxygen atoms in total. The highest BCUT2D eigenvalue weighted by Crippen LogP contribution is 1.87. The molecule has 6 heteroatoms. The molecule has 0 heterocycles. The van der Waals surface area contributed by atoms with Crippen LogP contribution in [-0.2, 0) is 14.8 Å². The third-order valence-electron chi connectivity index (χ3n) is 2.39. The summed E-state index contributed by atoms with van der Waals surface area (Å²) < 4.78 is 29.9. The Labute approximate surface area is 99.2 Å². The van der Waals surface area contributed by atoms with Crippen molar-refractivity contribution in [3.05, 3.63) is 0 Å². The van der Waals surface area contributed by atoms with Crippen molar-refractivity contribution in [1.29, 1.82) is 0 Å². The maximum Gasteiger partial charge on any atom is 0.211 e. The molecule has 0 bridgehead atoms. The molecule has 0 saturated carbocycles. The minimum atomic E-state index is -3.07. The van der Waals surface area contributed by atoms with Crippen molar-refractivity contribution in [2.24, 2.45) is 0 Å². The number of hydrogen-bond acceptors (Lipinski definition) is 4. The number of sulfonamides is 1. The van der Waals surface area contributed by atoms with E-state index in [4.69, 9.17) is 4.74 Å². The van der Waals surface area contributed by atoms with E-state index in [-0.39, 0.29) is 5.75 Å². The Morgan fingerprint density at radius 1 is 1.12 bits per heavy atom. The van der Waals surface area contributed by atoms with Gasteiger partial charge in [0.05, 0.1) is 19.0 Å². The van der Waals surface area contributed by atoms with Gasteiger partial charge in [0.25, 0.3) is 0 Å². The molecule has 0 radical (unpaired) electrons. The summed E-state index contributed by atoms with van der Waals surface area (Å²) in [7, 11) is -3.07. The van der Waals surface area contributed by atoms with Gasteiger partial charge in [-0.3, -0.25) is 0 Å². The maximum absolute atomic E-state index is 11.1. The van der Waals surface area contributed by atoms with Crippen LogP contribution >= 0.6 is 0 Å². The molecular weight excluding hydrogens is 228 g/mol. The number of rotatable bonds is 10. The minimum Gasteiger partial charge on any atom is -0.379 e. The lowest BCUT2D eigenvalue weighted by Crippen LogP contribution is -2.30. The molecule has 0 spiro atoms. The van der Waals surface area contributed by atoms with Crippen LogP contribution < -0.4 is 4.72 Å². The first kappa shape index (κ1) is 15.8. The molecule has 0 aliphatic carbocycles. The van der Waals surface area contributed by atoms with Gasteiger partial charge in [0, 0.05) is 13.1 Å². The topological polar surface area (TPSA) is 58.6 Å². The van der Waals surface area contributed by atoms with E-state index in [0.717, 1.165) is 19.6 Å². The third-order valence-corrected chi connectivity index (χ3v) is 3.80. The second-order valence-corrected chi connectivity index (χ2v) is 5.53. The Bertz CT molecular complexity index is 251. The summed E-state index contributed by atoms with van der Waals surface area (Å²) in [6, 6.07) is 0. The molecule has 16 heavy (non-hydrogen) atoms. The van der Waals surface area contributed by atoms with E-state index in [0.29, 0.717) is 19.8 Å². The van der Waals surface area contributed by atoms with Crippen LogP contribution in [0.15, 0.2) is 0 Å². The number of hydrogen-bond donors (Lipinski definition) is 1. The minimum absolute atomic E-state index is 0.118. The van der Waals surface area contributed by atoms with Gasteiger partial charge in [-0.15, -0.1) is 0 Å². The molecule has 0 unspecified atom stereocenters. The highest BCUT2D eigenvalue weighted by atomic mass is 32.2. The molecule has 0 aromatic carbocycles. The first-order chi connectivity index (χ1) is 7.55. The van der Waals surface area contributed by atoms with Crippen molar-refractivity contribution in [2.75, 3.05) is 45.1 Å². The number of nitrogens with zero attached hydrogens (tertiary/aromatic N) is 1. The Hall–Kier alpha value is -0.170. The van der Waals surface area contributed by atoms with Crippen LogP contribution in [-0.4, -0.2) is 58.5 Å². The summed E-state index contributed by atoms with van der Waals surface area (Å²) in [4.78, 5) is 2.26. The van der Waals surface area contributed by atoms with Crippen LogP contribution in [0.25, 0.3) is 0 Å². The van der Waals surface area contributed by atoms with Crippen molar-refractivity contribution >= 4 is 10.0 Å². The molecule has 0 saturated heterocycles. The molecule has 0 aromatic rings. The van der Waals surface area contributed by atoms with Gasteiger partial charge in [0.1, 0.15) is 0 Å². The normalized spacial score (nSPS) is 12.2. The molecule has 0 atom stereocenters. The van der Waals surface area contributed by atoms with E-state index < -0.39 is 10.0 Å². The quantitative estimate of drug-likeness (QED) is 0.568. The summed E-state index contributed by atoms with van der Waals surface area (Å²) in [6.45, 7) is 10.2. The van der Waals surface area contributed by atoms with Crippen LogP contribution in [0.1, 0.15) is 20.8 Å². The summed E-state index contributed by atoms with van der Waals surface area (Å²) in [5.74, 6) is 0.118. The van der Waals surface area contributed by atoms with E-state index in [1.165, 1.54) is 0 Å². The van der Waals surface area contributed by atoms with Crippen molar-refractivity contribution in [1.82, 2.24) is 9.62 Å². The van der Waals surface area contributed by atoms with E-state index >= 15 is 0 Å². The second kappa shape index (κ2) is 8.92. The molecule has 0 aliphatic heterocycles. The van der Waals surface area contributed by atoms with Crippen LogP contribution in [0.2, 0.25) is 0 Å². The summed E-state index contributed by atoms with van der Waals surface area (Å²) in [5.41, 5.74) is 0. The van der Waals surface area contributed by atoms with Gasteiger partial charge < -0.3 is 9.64 Å². The van der Waals surface area contributed by atoms with Gasteiger partial charge in [-0.05, 0) is 20.0 Å². The fraction of sp³-hybridized carbons (Fsp3) is 1.00. The first-order valence-corrected chi connectivity index (χ1v) is 7.48. The summed E-state index contributed by atoms with van der Waals surface area (Å²) in [5, 5.41) is 0. The highest BCUT2D eigenvalue weighted by molar-refractivity contribution is 7.89. The van der Waals surface area contributed by atoms with E-state index in [2.05, 4.69) is 23.5 Å². The maximum atomic E-state index is 11.1. The lowest BCUT2D eigenvalue weighted by atomic mass is 10.5. The van der Waals surface area contributed by atoms with E-state index in [1.807, 2.05) is 0 Å². The summed E-state index contributed by atoms with van der Waals surface area (Å²) in [6.07, 6.45) is 0. The number of likely N-dealkylation sites (N-methyl/N-ethyl adjacent to an activating group) is 1. The van der Waals surface area contributed by atoms with Crippen LogP contribution in [0.5, 0.6) is 0 Å². The molecule has 0 aromatic heterocycles. The summed E-state index contributed by atoms with van der Waals surface area (Å²) >= 11 is 0. The van der Waals surface area contributed by atoms with Crippen molar-refractivity contribution < 1.29 is 13.2 Å². The van der Waals surface area contributed by atoms with Crippen LogP contribution in [0, 0.1) is 0 Å². The number of ether oxygens (including phenoxy) is 1. The Balaban J connectivity index is 3.41. The molecule has 0 fully saturated rings. The fourth-order valence-electron chi connectivity index (χ4n) is 1.21. The number of nitrogens with one attached hydrogen (secondary N) is 1. The Morgan fingerprint density at radius 2 is 1.75 bits per heavy atom. The van der Waals surface area contributed by atoms with E-state index in [1.54, 1.807) is 6.92 Å². The SMILES string of the molecule is CCN(CC)CCOCCNS(=O)(=O)CC. The van der Waals surface area contributed by atoms with Crippen molar-refractivity contribution in [3.63, 3.8) is 0 Å². The predicted octanol–water partition coefficient (Wildman–Crippen LogP) is 0.284. The highest BCUT2D eigenvalue weighted by Gasteiger charge is 2.04. The zero-order valence-corrected chi connectivity index (χ0v) is 11.3. The van der Waals surface area contributed by atoms with Gasteiger partial charge in [0.2, 0.25) is 10.0 Å². The van der Waals surface area contributed by atoms with Gasteiger partial charge in [0.15, 0.2) is 0 Å². The van der Waals surface area contributed by atoms with Crippen molar-refractivity contribution in [3.8, 4) is 0 Å². The Kier molecular flexibility index (Phi) is 8.83. The smallest absolute Gasteiger partial charge is 0.211 e. The van der Waals surface area contributed by atoms with Gasteiger partial charge in [-0.25, -0.2) is 13.1 Å². The molecule has 0 amide bonds. The first-order valence-electron chi connectivity index (χ1n) is 5.83. The zero-order valence-electron chi connectivity index (χ0n) is 10.5. The molecule has 1 N–H and O–H groups in total. The Morgan fingerprint density at radius 3 is 2.25 bits per heavy atom. The molecular formula is C10H24N2O3S. The van der Waals surface area contributed by atoms with Gasteiger partial charge in [-0.1, -0.05) is 13.8 Å². The molecule has 0 rings (SSSR count). The standard InChI is InChI=1S/C10H24N2O3S/c1-4-12(5-2)8-10-15-9-7-11-16(13,14)6-3/h11H,4-10H2,1-3H3. The lowest BCUT2D eigenvalue weighted by molar-refractivity contribution is 0.111. The predicted molar refractivity (Wildman–Crippen MR) is 66.1 cm³/mol. The zero-order chi connectivity index (χ0) is 12.4. The average Bonchev–Trinajstić information content (AvgIpc) is 2.28. The molecule has 0 aliphatic rings. The van der Waals surface area contributed by atoms with Crippen LogP contribution in [0.3, 0.4) is 0 Å². The largest absolute Gasteiger partial charge is 0.379 e. The van der Waals surface area contributed by atoms with Gasteiger partial charge >= 0.3 is 0 Å². The van der Waals surface area contributed by atoms with Crippen molar-refractivity contribution in [2.45, 2.75) is 20.8 Å². The average molecular weight is 252 g/mol. The molecule has 98 valence electrons. The lowest BCUT2D eigenvalue weighted by Gasteiger charge is -2.17.